The van der Waals surface area contributed by atoms with Crippen LogP contribution in [0.3, 0.4) is 0 Å². The number of anilines is 1. The summed E-state index contributed by atoms with van der Waals surface area (Å²) in [5, 5.41) is 9.36. The Morgan fingerprint density at radius 2 is 2.00 bits per heavy atom. The first-order valence-corrected chi connectivity index (χ1v) is 7.81. The Bertz CT molecular complexity index is 705. The summed E-state index contributed by atoms with van der Waals surface area (Å²) < 4.78 is 5.09. The molecule has 2 amide bonds. The number of aromatic nitrogens is 1. The zero-order chi connectivity index (χ0) is 17.5. The van der Waals surface area contributed by atoms with Crippen LogP contribution in [0.1, 0.15) is 33.8 Å². The smallest absolute Gasteiger partial charge is 0.253 e. The van der Waals surface area contributed by atoms with E-state index in [-0.39, 0.29) is 18.2 Å². The van der Waals surface area contributed by atoms with Crippen LogP contribution in [0.25, 0.3) is 0 Å². The lowest BCUT2D eigenvalue weighted by Crippen LogP contribution is -2.30. The van der Waals surface area contributed by atoms with Crippen LogP contribution in [0, 0.1) is 13.8 Å². The number of nitrogens with two attached hydrogens (primary N) is 1. The van der Waals surface area contributed by atoms with Crippen LogP contribution in [0.15, 0.2) is 28.8 Å². The van der Waals surface area contributed by atoms with E-state index >= 15 is 0 Å². The molecule has 2 rings (SSSR count). The third-order valence-corrected chi connectivity index (χ3v) is 3.66. The summed E-state index contributed by atoms with van der Waals surface area (Å²) in [4.78, 5) is 24.3. The van der Waals surface area contributed by atoms with E-state index in [9.17, 15) is 9.59 Å². The van der Waals surface area contributed by atoms with E-state index in [0.29, 0.717) is 30.8 Å². The fraction of sp³-hybridized carbons (Fsp3) is 0.353. The number of benzene rings is 1. The molecule has 0 saturated heterocycles. The Hall–Kier alpha value is -2.67. The fourth-order valence-corrected chi connectivity index (χ4v) is 2.38. The third kappa shape index (κ3) is 4.42. The van der Waals surface area contributed by atoms with Gasteiger partial charge < -0.3 is 20.9 Å². The average molecular weight is 330 g/mol. The highest BCUT2D eigenvalue weighted by atomic mass is 16.5. The molecule has 4 N–H and O–H groups in total. The average Bonchev–Trinajstić information content (AvgIpc) is 2.89. The van der Waals surface area contributed by atoms with Gasteiger partial charge in [-0.1, -0.05) is 17.3 Å². The standard InChI is InChI=1S/C17H22N4O3/c1-11-13(12(2)24-21-11)7-8-16(22)20-15-6-4-3-5-14(15)17(23)19-10-9-18/h3-6H,7-10,18H2,1-2H3,(H,19,23)(H,20,22). The highest BCUT2D eigenvalue weighted by molar-refractivity contribution is 6.03. The molecular weight excluding hydrogens is 308 g/mol. The highest BCUT2D eigenvalue weighted by Gasteiger charge is 2.14. The molecule has 0 unspecified atom stereocenters. The minimum Gasteiger partial charge on any atom is -0.361 e. The minimum atomic E-state index is -0.262. The first kappa shape index (κ1) is 17.7. The Kier molecular flexibility index (Phi) is 6.08. The van der Waals surface area contributed by atoms with Crippen molar-refractivity contribution in [2.24, 2.45) is 5.73 Å². The van der Waals surface area contributed by atoms with Crippen molar-refractivity contribution in [3.63, 3.8) is 0 Å². The number of para-hydroxylation sites is 1. The zero-order valence-corrected chi connectivity index (χ0v) is 13.9. The second-order valence-electron chi connectivity index (χ2n) is 5.44. The topological polar surface area (TPSA) is 110 Å². The second-order valence-corrected chi connectivity index (χ2v) is 5.44. The Labute approximate surface area is 140 Å². The van der Waals surface area contributed by atoms with E-state index in [4.69, 9.17) is 10.3 Å². The van der Waals surface area contributed by atoms with Crippen molar-refractivity contribution in [3.05, 3.63) is 46.8 Å². The molecule has 0 spiro atoms. The van der Waals surface area contributed by atoms with E-state index < -0.39 is 0 Å². The van der Waals surface area contributed by atoms with Gasteiger partial charge in [0.15, 0.2) is 0 Å². The summed E-state index contributed by atoms with van der Waals surface area (Å²) in [6.07, 6.45) is 0.816. The Morgan fingerprint density at radius 3 is 2.67 bits per heavy atom. The summed E-state index contributed by atoms with van der Waals surface area (Å²) in [6.45, 7) is 4.41. The van der Waals surface area contributed by atoms with Gasteiger partial charge in [-0.3, -0.25) is 9.59 Å². The van der Waals surface area contributed by atoms with Crippen LogP contribution < -0.4 is 16.4 Å². The molecule has 1 heterocycles. The molecule has 0 aliphatic rings. The number of hydrogen-bond donors (Lipinski definition) is 3. The zero-order valence-electron chi connectivity index (χ0n) is 13.9. The predicted molar refractivity (Wildman–Crippen MR) is 90.8 cm³/mol. The van der Waals surface area contributed by atoms with Crippen LogP contribution in [0.5, 0.6) is 0 Å². The van der Waals surface area contributed by atoms with Crippen molar-refractivity contribution >= 4 is 17.5 Å². The number of amides is 2. The van der Waals surface area contributed by atoms with Gasteiger partial charge >= 0.3 is 0 Å². The fourth-order valence-electron chi connectivity index (χ4n) is 2.38. The molecular formula is C17H22N4O3. The van der Waals surface area contributed by atoms with Crippen LogP contribution in [-0.4, -0.2) is 30.1 Å². The van der Waals surface area contributed by atoms with E-state index in [2.05, 4.69) is 15.8 Å². The summed E-state index contributed by atoms with van der Waals surface area (Å²) in [7, 11) is 0. The lowest BCUT2D eigenvalue weighted by Gasteiger charge is -2.11. The molecule has 2 aromatic rings. The van der Waals surface area contributed by atoms with Crippen LogP contribution in [0.2, 0.25) is 0 Å². The van der Waals surface area contributed by atoms with E-state index in [1.54, 1.807) is 24.3 Å². The molecule has 1 aromatic carbocycles. The molecule has 0 atom stereocenters. The molecule has 0 aliphatic heterocycles. The molecule has 0 aliphatic carbocycles. The van der Waals surface area contributed by atoms with Gasteiger partial charge in [0.1, 0.15) is 5.76 Å². The largest absolute Gasteiger partial charge is 0.361 e. The van der Waals surface area contributed by atoms with Gasteiger partial charge in [0.05, 0.1) is 16.9 Å². The van der Waals surface area contributed by atoms with E-state index in [0.717, 1.165) is 17.0 Å². The maximum atomic E-state index is 12.2. The molecule has 0 bridgehead atoms. The summed E-state index contributed by atoms with van der Waals surface area (Å²) in [6, 6.07) is 6.88. The maximum Gasteiger partial charge on any atom is 0.253 e. The van der Waals surface area contributed by atoms with Gasteiger partial charge in [0, 0.05) is 25.1 Å². The van der Waals surface area contributed by atoms with Crippen LogP contribution >= 0.6 is 0 Å². The first-order chi connectivity index (χ1) is 11.5. The van der Waals surface area contributed by atoms with Gasteiger partial charge in [-0.05, 0) is 32.4 Å². The number of carbonyl (C=O) groups is 2. The molecule has 128 valence electrons. The molecule has 7 nitrogen and oxygen atoms in total. The quantitative estimate of drug-likeness (QED) is 0.713. The molecule has 1 aromatic heterocycles. The van der Waals surface area contributed by atoms with Gasteiger partial charge in [-0.2, -0.15) is 0 Å². The van der Waals surface area contributed by atoms with Crippen LogP contribution in [0.4, 0.5) is 5.69 Å². The molecule has 7 heteroatoms. The number of nitrogens with one attached hydrogen (secondary N) is 2. The minimum absolute atomic E-state index is 0.172. The van der Waals surface area contributed by atoms with Gasteiger partial charge in [-0.15, -0.1) is 0 Å². The summed E-state index contributed by atoms with van der Waals surface area (Å²) in [5.74, 6) is 0.290. The molecule has 0 fully saturated rings. The first-order valence-electron chi connectivity index (χ1n) is 7.81. The lowest BCUT2D eigenvalue weighted by atomic mass is 10.1. The number of carbonyl (C=O) groups excluding carboxylic acids is 2. The monoisotopic (exact) mass is 330 g/mol. The SMILES string of the molecule is Cc1noc(C)c1CCC(=O)Nc1ccccc1C(=O)NCCN. The lowest BCUT2D eigenvalue weighted by molar-refractivity contribution is -0.116. The molecule has 24 heavy (non-hydrogen) atoms. The van der Waals surface area contributed by atoms with Crippen molar-refractivity contribution in [2.75, 3.05) is 18.4 Å². The van der Waals surface area contributed by atoms with Gasteiger partial charge in [0.25, 0.3) is 5.91 Å². The molecule has 0 radical (unpaired) electrons. The summed E-state index contributed by atoms with van der Waals surface area (Å²) in [5.41, 5.74) is 8.02. The second kappa shape index (κ2) is 8.26. The van der Waals surface area contributed by atoms with Crippen molar-refractivity contribution in [3.8, 4) is 0 Å². The number of aryl methyl sites for hydroxylation is 2. The highest BCUT2D eigenvalue weighted by Crippen LogP contribution is 2.17. The van der Waals surface area contributed by atoms with Crippen molar-refractivity contribution in [1.29, 1.82) is 0 Å². The number of rotatable bonds is 7. The van der Waals surface area contributed by atoms with Crippen molar-refractivity contribution in [2.45, 2.75) is 26.7 Å². The third-order valence-electron chi connectivity index (χ3n) is 3.66. The van der Waals surface area contributed by atoms with E-state index in [1.807, 2.05) is 13.8 Å². The van der Waals surface area contributed by atoms with Crippen molar-refractivity contribution in [1.82, 2.24) is 10.5 Å². The maximum absolute atomic E-state index is 12.2. The van der Waals surface area contributed by atoms with Gasteiger partial charge in [0.2, 0.25) is 5.91 Å². The summed E-state index contributed by atoms with van der Waals surface area (Å²) >= 11 is 0. The Balaban J connectivity index is 2.00. The van der Waals surface area contributed by atoms with Crippen LogP contribution in [-0.2, 0) is 11.2 Å². The predicted octanol–water partition coefficient (Wildman–Crippen LogP) is 1.55. The Morgan fingerprint density at radius 1 is 1.25 bits per heavy atom. The van der Waals surface area contributed by atoms with Gasteiger partial charge in [-0.25, -0.2) is 0 Å². The molecule has 0 saturated carbocycles. The normalized spacial score (nSPS) is 10.5. The van der Waals surface area contributed by atoms with Crippen molar-refractivity contribution < 1.29 is 14.1 Å². The number of nitrogens with zero attached hydrogens (tertiary/aromatic N) is 1. The number of hydrogen-bond acceptors (Lipinski definition) is 5. The van der Waals surface area contributed by atoms with E-state index in [1.165, 1.54) is 0 Å².